The van der Waals surface area contributed by atoms with Gasteiger partial charge < -0.3 is 0 Å². The third-order valence-electron chi connectivity index (χ3n) is 2.66. The second kappa shape index (κ2) is 4.34. The molecule has 0 fully saturated rings. The van der Waals surface area contributed by atoms with Crippen LogP contribution in [-0.2, 0) is 9.59 Å². The van der Waals surface area contributed by atoms with Crippen molar-refractivity contribution in [2.75, 3.05) is 0 Å². The lowest BCUT2D eigenvalue weighted by atomic mass is 9.91. The van der Waals surface area contributed by atoms with Gasteiger partial charge in [-0.15, -0.1) is 0 Å². The Kier molecular flexibility index (Phi) is 2.90. The first-order valence-corrected chi connectivity index (χ1v) is 5.26. The first kappa shape index (κ1) is 10.0. The Morgan fingerprint density at radius 3 is 2.80 bits per heavy atom. The van der Waals surface area contributed by atoms with Crippen LogP contribution in [-0.4, -0.2) is 17.4 Å². The van der Waals surface area contributed by atoms with Crippen LogP contribution < -0.4 is 0 Å². The molecule has 0 saturated carbocycles. The summed E-state index contributed by atoms with van der Waals surface area (Å²) in [5.74, 6) is -0.231. The summed E-state index contributed by atoms with van der Waals surface area (Å²) in [6, 6.07) is 0. The number of amides is 1. The van der Waals surface area contributed by atoms with Crippen molar-refractivity contribution in [1.82, 2.24) is 0 Å². The molecule has 1 heterocycles. The van der Waals surface area contributed by atoms with Crippen LogP contribution in [0.3, 0.4) is 0 Å². The van der Waals surface area contributed by atoms with E-state index in [9.17, 15) is 9.59 Å². The highest BCUT2D eigenvalue weighted by Crippen LogP contribution is 2.17. The lowest BCUT2D eigenvalue weighted by molar-refractivity contribution is -0.120. The third kappa shape index (κ3) is 2.29. The fraction of sp³-hybridized carbons (Fsp3) is 0.417. The number of fused-ring (bicyclic) bond motifs is 1. The van der Waals surface area contributed by atoms with Crippen molar-refractivity contribution in [2.24, 2.45) is 10.9 Å². The fourth-order valence-electron chi connectivity index (χ4n) is 1.84. The van der Waals surface area contributed by atoms with Crippen molar-refractivity contribution in [3.05, 3.63) is 24.3 Å². The Labute approximate surface area is 88.6 Å². The number of carbonyl (C=O) groups is 2. The molecule has 0 saturated heterocycles. The first-order chi connectivity index (χ1) is 7.27. The molecule has 1 atom stereocenters. The summed E-state index contributed by atoms with van der Waals surface area (Å²) in [6.45, 7) is 0. The quantitative estimate of drug-likeness (QED) is 0.603. The first-order valence-electron chi connectivity index (χ1n) is 5.26. The van der Waals surface area contributed by atoms with Crippen molar-refractivity contribution in [3.8, 4) is 0 Å². The lowest BCUT2D eigenvalue weighted by Crippen LogP contribution is -2.22. The molecule has 1 aliphatic carbocycles. The summed E-state index contributed by atoms with van der Waals surface area (Å²) < 4.78 is 0. The van der Waals surface area contributed by atoms with Crippen LogP contribution in [0.1, 0.15) is 25.7 Å². The molecule has 0 N–H and O–H groups in total. The zero-order valence-electron chi connectivity index (χ0n) is 8.48. The highest BCUT2D eigenvalue weighted by atomic mass is 16.1. The lowest BCUT2D eigenvalue weighted by Gasteiger charge is -2.12. The molecule has 78 valence electrons. The smallest absolute Gasteiger partial charge is 0.245 e. The van der Waals surface area contributed by atoms with Crippen molar-refractivity contribution >= 4 is 17.4 Å². The summed E-state index contributed by atoms with van der Waals surface area (Å²) in [5.41, 5.74) is 0.606. The van der Waals surface area contributed by atoms with Crippen molar-refractivity contribution in [2.45, 2.75) is 25.7 Å². The predicted molar refractivity (Wildman–Crippen MR) is 57.7 cm³/mol. The van der Waals surface area contributed by atoms with Crippen LogP contribution in [0.15, 0.2) is 29.3 Å². The topological polar surface area (TPSA) is 46.5 Å². The molecule has 1 amide bonds. The van der Waals surface area contributed by atoms with Gasteiger partial charge in [-0.2, -0.15) is 0 Å². The Morgan fingerprint density at radius 2 is 1.93 bits per heavy atom. The standard InChI is InChI=1S/C12H13NO2/c14-11-7-3-4-8-12(15)13-10-6-2-1-5-9(10)11/h1-2,5-6,9H,3-4,7-8H2. The second-order valence-electron chi connectivity index (χ2n) is 3.83. The molecule has 0 aromatic carbocycles. The molecule has 0 bridgehead atoms. The van der Waals surface area contributed by atoms with Crippen LogP contribution in [0, 0.1) is 5.92 Å². The number of ketones is 1. The van der Waals surface area contributed by atoms with Gasteiger partial charge in [-0.1, -0.05) is 18.2 Å². The SMILES string of the molecule is O=C1CCCCC(=O)C2C=CC=CC2=N1. The number of allylic oxidation sites excluding steroid dienone is 4. The molecule has 3 heteroatoms. The summed E-state index contributed by atoms with van der Waals surface area (Å²) in [4.78, 5) is 27.2. The minimum Gasteiger partial charge on any atom is -0.299 e. The van der Waals surface area contributed by atoms with Gasteiger partial charge in [0.2, 0.25) is 5.91 Å². The van der Waals surface area contributed by atoms with Gasteiger partial charge in [0, 0.05) is 12.8 Å². The van der Waals surface area contributed by atoms with Crippen LogP contribution in [0.4, 0.5) is 0 Å². The molecule has 0 spiro atoms. The van der Waals surface area contributed by atoms with E-state index in [2.05, 4.69) is 4.99 Å². The minimum absolute atomic E-state index is 0.107. The van der Waals surface area contributed by atoms with Crippen LogP contribution in [0.25, 0.3) is 0 Å². The van der Waals surface area contributed by atoms with Gasteiger partial charge in [0.15, 0.2) is 0 Å². The fourth-order valence-corrected chi connectivity index (χ4v) is 1.84. The summed E-state index contributed by atoms with van der Waals surface area (Å²) >= 11 is 0. The molecule has 15 heavy (non-hydrogen) atoms. The number of hydrogen-bond acceptors (Lipinski definition) is 2. The van der Waals surface area contributed by atoms with E-state index in [1.807, 2.05) is 18.2 Å². The van der Waals surface area contributed by atoms with Gasteiger partial charge in [0.05, 0.1) is 11.6 Å². The minimum atomic E-state index is -0.294. The molecule has 0 aromatic rings. The van der Waals surface area contributed by atoms with Gasteiger partial charge >= 0.3 is 0 Å². The zero-order chi connectivity index (χ0) is 10.7. The highest BCUT2D eigenvalue weighted by molar-refractivity contribution is 6.16. The molecule has 3 nitrogen and oxygen atoms in total. The zero-order valence-corrected chi connectivity index (χ0v) is 8.48. The van der Waals surface area contributed by atoms with E-state index >= 15 is 0 Å². The van der Waals surface area contributed by atoms with Crippen molar-refractivity contribution in [1.29, 1.82) is 0 Å². The molecule has 2 aliphatic rings. The van der Waals surface area contributed by atoms with Gasteiger partial charge in [0.1, 0.15) is 5.78 Å². The van der Waals surface area contributed by atoms with Gasteiger partial charge in [-0.25, -0.2) is 4.99 Å². The largest absolute Gasteiger partial charge is 0.299 e. The van der Waals surface area contributed by atoms with Crippen LogP contribution in [0.5, 0.6) is 0 Å². The second-order valence-corrected chi connectivity index (χ2v) is 3.83. The van der Waals surface area contributed by atoms with E-state index in [1.165, 1.54) is 0 Å². The monoisotopic (exact) mass is 203 g/mol. The number of aliphatic imine (C=N–C) groups is 1. The molecule has 0 aromatic heterocycles. The number of nitrogens with zero attached hydrogens (tertiary/aromatic N) is 1. The average Bonchev–Trinajstić information content (AvgIpc) is 2.30. The maximum Gasteiger partial charge on any atom is 0.245 e. The normalized spacial score (nSPS) is 26.4. The molecule has 2 rings (SSSR count). The number of Topliss-reactive ketones (excluding diaryl/α,β-unsaturated/α-hetero) is 1. The van der Waals surface area contributed by atoms with Gasteiger partial charge in [0.25, 0.3) is 0 Å². The van der Waals surface area contributed by atoms with Crippen molar-refractivity contribution in [3.63, 3.8) is 0 Å². The van der Waals surface area contributed by atoms with Gasteiger partial charge in [-0.05, 0) is 18.9 Å². The Bertz CT molecular complexity index is 377. The summed E-state index contributed by atoms with van der Waals surface area (Å²) in [6.07, 6.45) is 9.79. The molecule has 1 aliphatic heterocycles. The maximum absolute atomic E-state index is 11.8. The van der Waals surface area contributed by atoms with Crippen molar-refractivity contribution < 1.29 is 9.59 Å². The Morgan fingerprint density at radius 1 is 1.13 bits per heavy atom. The van der Waals surface area contributed by atoms with E-state index < -0.39 is 0 Å². The predicted octanol–water partition coefficient (Wildman–Crippen LogP) is 1.84. The number of hydrogen-bond donors (Lipinski definition) is 0. The summed E-state index contributed by atoms with van der Waals surface area (Å²) in [5, 5.41) is 0. The Balaban J connectivity index is 2.31. The van der Waals surface area contributed by atoms with E-state index in [1.54, 1.807) is 6.08 Å². The van der Waals surface area contributed by atoms with E-state index in [4.69, 9.17) is 0 Å². The van der Waals surface area contributed by atoms with E-state index in [-0.39, 0.29) is 17.6 Å². The molecular weight excluding hydrogens is 190 g/mol. The molecule has 0 radical (unpaired) electrons. The number of rotatable bonds is 0. The van der Waals surface area contributed by atoms with E-state index in [0.29, 0.717) is 18.6 Å². The Hall–Kier alpha value is -1.51. The van der Waals surface area contributed by atoms with Crippen LogP contribution in [0.2, 0.25) is 0 Å². The maximum atomic E-state index is 11.8. The average molecular weight is 203 g/mol. The third-order valence-corrected chi connectivity index (χ3v) is 2.66. The van der Waals surface area contributed by atoms with Gasteiger partial charge in [-0.3, -0.25) is 9.59 Å². The number of carbonyl (C=O) groups excluding carboxylic acids is 2. The van der Waals surface area contributed by atoms with Crippen LogP contribution >= 0.6 is 0 Å². The molecule has 1 unspecified atom stereocenters. The van der Waals surface area contributed by atoms with E-state index in [0.717, 1.165) is 12.8 Å². The highest BCUT2D eigenvalue weighted by Gasteiger charge is 2.23. The summed E-state index contributed by atoms with van der Waals surface area (Å²) in [7, 11) is 0. The molecular formula is C12H13NO2.